The number of ether oxygens (including phenoxy) is 1. The summed E-state index contributed by atoms with van der Waals surface area (Å²) in [4.78, 5) is 2.83. The molecule has 4 rings (SSSR count). The Morgan fingerprint density at radius 2 is 1.45 bits per heavy atom. The SMILES string of the molecule is O=S(=O)(c1ccccc1)N1CCC(Cc2ccc(CN3CCOCC3)cc2)CC1. The molecule has 156 valence electrons. The lowest BCUT2D eigenvalue weighted by Gasteiger charge is -2.31. The minimum absolute atomic E-state index is 0.398. The minimum Gasteiger partial charge on any atom is -0.379 e. The van der Waals surface area contributed by atoms with Crippen LogP contribution in [0.15, 0.2) is 59.5 Å². The third-order valence-corrected chi connectivity index (χ3v) is 7.92. The molecule has 0 aromatic heterocycles. The summed E-state index contributed by atoms with van der Waals surface area (Å²) in [5.74, 6) is 0.544. The van der Waals surface area contributed by atoms with Crippen LogP contribution in [0.2, 0.25) is 0 Å². The molecule has 2 heterocycles. The first kappa shape index (κ1) is 20.5. The third kappa shape index (κ3) is 5.25. The first-order valence-corrected chi connectivity index (χ1v) is 12.0. The molecular formula is C23H30N2O3S. The Hall–Kier alpha value is -1.73. The van der Waals surface area contributed by atoms with Crippen LogP contribution in [-0.2, 0) is 27.7 Å². The molecule has 0 atom stereocenters. The smallest absolute Gasteiger partial charge is 0.243 e. The van der Waals surface area contributed by atoms with Crippen molar-refractivity contribution in [1.82, 2.24) is 9.21 Å². The van der Waals surface area contributed by atoms with Gasteiger partial charge >= 0.3 is 0 Å². The Morgan fingerprint density at radius 3 is 2.10 bits per heavy atom. The second-order valence-electron chi connectivity index (χ2n) is 8.07. The Labute approximate surface area is 174 Å². The summed E-state index contributed by atoms with van der Waals surface area (Å²) >= 11 is 0. The van der Waals surface area contributed by atoms with E-state index in [2.05, 4.69) is 29.2 Å². The molecule has 2 fully saturated rings. The standard InChI is InChI=1S/C23H30N2O3S/c26-29(27,23-4-2-1-3-5-23)25-12-10-21(11-13-25)18-20-6-8-22(9-7-20)19-24-14-16-28-17-15-24/h1-9,21H,10-19H2. The number of benzene rings is 2. The summed E-state index contributed by atoms with van der Waals surface area (Å²) in [5.41, 5.74) is 2.69. The molecule has 0 bridgehead atoms. The molecule has 2 aromatic rings. The van der Waals surface area contributed by atoms with Crippen LogP contribution in [0.4, 0.5) is 0 Å². The molecule has 0 unspecified atom stereocenters. The molecule has 0 aliphatic carbocycles. The van der Waals surface area contributed by atoms with Crippen LogP contribution >= 0.6 is 0 Å². The van der Waals surface area contributed by atoms with Crippen LogP contribution in [0, 0.1) is 5.92 Å². The van der Waals surface area contributed by atoms with E-state index in [9.17, 15) is 8.42 Å². The number of morpholine rings is 1. The van der Waals surface area contributed by atoms with Crippen molar-refractivity contribution in [2.75, 3.05) is 39.4 Å². The summed E-state index contributed by atoms with van der Waals surface area (Å²) in [6.45, 7) is 5.87. The fraction of sp³-hybridized carbons (Fsp3) is 0.478. The zero-order valence-corrected chi connectivity index (χ0v) is 17.7. The van der Waals surface area contributed by atoms with Crippen LogP contribution in [0.25, 0.3) is 0 Å². The van der Waals surface area contributed by atoms with Crippen LogP contribution in [0.1, 0.15) is 24.0 Å². The Balaban J connectivity index is 1.28. The second-order valence-corrected chi connectivity index (χ2v) is 10.0. The normalized spacial score (nSPS) is 20.0. The lowest BCUT2D eigenvalue weighted by Crippen LogP contribution is -2.38. The van der Waals surface area contributed by atoms with E-state index in [4.69, 9.17) is 4.74 Å². The lowest BCUT2D eigenvalue weighted by atomic mass is 9.91. The molecule has 5 nitrogen and oxygen atoms in total. The Morgan fingerprint density at radius 1 is 0.828 bits per heavy atom. The molecule has 6 heteroatoms. The highest BCUT2D eigenvalue weighted by molar-refractivity contribution is 7.89. The quantitative estimate of drug-likeness (QED) is 0.729. The van der Waals surface area contributed by atoms with Crippen LogP contribution < -0.4 is 0 Å². The molecule has 2 aliphatic rings. The number of hydrogen-bond acceptors (Lipinski definition) is 4. The van der Waals surface area contributed by atoms with Crippen molar-refractivity contribution in [1.29, 1.82) is 0 Å². The zero-order chi connectivity index (χ0) is 20.1. The van der Waals surface area contributed by atoms with Gasteiger partial charge in [0.1, 0.15) is 0 Å². The van der Waals surface area contributed by atoms with E-state index in [0.717, 1.165) is 52.1 Å². The van der Waals surface area contributed by atoms with Crippen molar-refractivity contribution in [3.05, 3.63) is 65.7 Å². The van der Waals surface area contributed by atoms with Crippen molar-refractivity contribution < 1.29 is 13.2 Å². The van der Waals surface area contributed by atoms with Gasteiger partial charge in [0.2, 0.25) is 10.0 Å². The molecule has 0 amide bonds. The highest BCUT2D eigenvalue weighted by atomic mass is 32.2. The summed E-state index contributed by atoms with van der Waals surface area (Å²) in [5, 5.41) is 0. The van der Waals surface area contributed by atoms with E-state index >= 15 is 0 Å². The number of rotatable bonds is 6. The van der Waals surface area contributed by atoms with Crippen molar-refractivity contribution in [2.45, 2.75) is 30.7 Å². The zero-order valence-electron chi connectivity index (χ0n) is 16.9. The monoisotopic (exact) mass is 414 g/mol. The summed E-state index contributed by atoms with van der Waals surface area (Å²) < 4.78 is 32.6. The molecule has 0 spiro atoms. The van der Waals surface area contributed by atoms with Gasteiger partial charge in [-0.15, -0.1) is 0 Å². The maximum Gasteiger partial charge on any atom is 0.243 e. The van der Waals surface area contributed by atoms with Crippen LogP contribution in [-0.4, -0.2) is 57.0 Å². The van der Waals surface area contributed by atoms with Crippen LogP contribution in [0.5, 0.6) is 0 Å². The van der Waals surface area contributed by atoms with Gasteiger partial charge in [-0.3, -0.25) is 4.90 Å². The van der Waals surface area contributed by atoms with Crippen molar-refractivity contribution in [3.8, 4) is 0 Å². The van der Waals surface area contributed by atoms with E-state index in [-0.39, 0.29) is 0 Å². The van der Waals surface area contributed by atoms with Gasteiger partial charge in [-0.05, 0) is 48.4 Å². The van der Waals surface area contributed by atoms with E-state index < -0.39 is 10.0 Å². The lowest BCUT2D eigenvalue weighted by molar-refractivity contribution is 0.0342. The second kappa shape index (κ2) is 9.39. The number of hydrogen-bond donors (Lipinski definition) is 0. The third-order valence-electron chi connectivity index (χ3n) is 6.01. The van der Waals surface area contributed by atoms with Gasteiger partial charge in [0, 0.05) is 32.7 Å². The van der Waals surface area contributed by atoms with Crippen molar-refractivity contribution >= 4 is 10.0 Å². The molecule has 0 radical (unpaired) electrons. The molecule has 2 aliphatic heterocycles. The molecule has 0 saturated carbocycles. The molecule has 0 N–H and O–H groups in total. The van der Waals surface area contributed by atoms with E-state index in [1.165, 1.54) is 11.1 Å². The molecular weight excluding hydrogens is 384 g/mol. The van der Waals surface area contributed by atoms with Gasteiger partial charge in [0.25, 0.3) is 0 Å². The van der Waals surface area contributed by atoms with Crippen molar-refractivity contribution in [3.63, 3.8) is 0 Å². The number of piperidine rings is 1. The topological polar surface area (TPSA) is 49.9 Å². The van der Waals surface area contributed by atoms with Crippen LogP contribution in [0.3, 0.4) is 0 Å². The molecule has 29 heavy (non-hydrogen) atoms. The minimum atomic E-state index is -3.36. The molecule has 2 saturated heterocycles. The predicted octanol–water partition coefficient (Wildman–Crippen LogP) is 3.16. The fourth-order valence-corrected chi connectivity index (χ4v) is 5.72. The summed E-state index contributed by atoms with van der Waals surface area (Å²) in [6, 6.07) is 17.7. The summed E-state index contributed by atoms with van der Waals surface area (Å²) in [6.07, 6.45) is 2.86. The van der Waals surface area contributed by atoms with Gasteiger partial charge in [-0.25, -0.2) is 8.42 Å². The first-order chi connectivity index (χ1) is 14.1. The van der Waals surface area contributed by atoms with E-state index in [1.807, 2.05) is 6.07 Å². The van der Waals surface area contributed by atoms with Gasteiger partial charge in [-0.1, -0.05) is 42.5 Å². The highest BCUT2D eigenvalue weighted by Gasteiger charge is 2.29. The number of nitrogens with zero attached hydrogens (tertiary/aromatic N) is 2. The van der Waals surface area contributed by atoms with Gasteiger partial charge in [0.05, 0.1) is 18.1 Å². The Bertz CT molecular complexity index is 870. The average Bonchev–Trinajstić information content (AvgIpc) is 2.77. The van der Waals surface area contributed by atoms with Gasteiger partial charge < -0.3 is 4.74 Å². The average molecular weight is 415 g/mol. The maximum atomic E-state index is 12.8. The summed E-state index contributed by atoms with van der Waals surface area (Å²) in [7, 11) is -3.36. The van der Waals surface area contributed by atoms with Gasteiger partial charge in [-0.2, -0.15) is 4.31 Å². The molecule has 2 aromatic carbocycles. The van der Waals surface area contributed by atoms with Gasteiger partial charge in [0.15, 0.2) is 0 Å². The Kier molecular flexibility index (Phi) is 6.65. The highest BCUT2D eigenvalue weighted by Crippen LogP contribution is 2.26. The van der Waals surface area contributed by atoms with E-state index in [1.54, 1.807) is 28.6 Å². The van der Waals surface area contributed by atoms with E-state index in [0.29, 0.717) is 23.9 Å². The maximum absolute atomic E-state index is 12.8. The number of sulfonamides is 1. The predicted molar refractivity (Wildman–Crippen MR) is 114 cm³/mol. The fourth-order valence-electron chi connectivity index (χ4n) is 4.23. The largest absolute Gasteiger partial charge is 0.379 e. The van der Waals surface area contributed by atoms with Crippen molar-refractivity contribution in [2.24, 2.45) is 5.92 Å². The first-order valence-electron chi connectivity index (χ1n) is 10.5.